The summed E-state index contributed by atoms with van der Waals surface area (Å²) < 4.78 is 5.51. The molecular weight excluding hydrogens is 244 g/mol. The molecule has 6 heteroatoms. The molecular formula is C13H10N4O2. The number of hydrogen-bond acceptors (Lipinski definition) is 5. The van der Waals surface area contributed by atoms with Crippen LogP contribution < -0.4 is 16.2 Å². The number of primary amides is 1. The predicted molar refractivity (Wildman–Crippen MR) is 68.4 cm³/mol. The Morgan fingerprint density at radius 2 is 2.00 bits per heavy atom. The van der Waals surface area contributed by atoms with Gasteiger partial charge in [0.25, 0.3) is 5.91 Å². The molecule has 94 valence electrons. The summed E-state index contributed by atoms with van der Waals surface area (Å²) in [6, 6.07) is 9.57. The Balaban J connectivity index is 2.31. The summed E-state index contributed by atoms with van der Waals surface area (Å²) in [5.74, 6) is 0.209. The first-order valence-electron chi connectivity index (χ1n) is 5.33. The molecule has 0 fully saturated rings. The van der Waals surface area contributed by atoms with Crippen LogP contribution in [0.25, 0.3) is 0 Å². The zero-order valence-electron chi connectivity index (χ0n) is 9.83. The number of rotatable bonds is 3. The van der Waals surface area contributed by atoms with Gasteiger partial charge in [0.2, 0.25) is 0 Å². The highest BCUT2D eigenvalue weighted by atomic mass is 16.5. The lowest BCUT2D eigenvalue weighted by molar-refractivity contribution is 0.100. The van der Waals surface area contributed by atoms with Gasteiger partial charge in [0.05, 0.1) is 5.56 Å². The van der Waals surface area contributed by atoms with Gasteiger partial charge in [-0.15, -0.1) is 0 Å². The van der Waals surface area contributed by atoms with Gasteiger partial charge in [-0.1, -0.05) is 0 Å². The van der Waals surface area contributed by atoms with Crippen LogP contribution in [0.3, 0.4) is 0 Å². The Kier molecular flexibility index (Phi) is 3.30. The fourth-order valence-corrected chi connectivity index (χ4v) is 1.48. The summed E-state index contributed by atoms with van der Waals surface area (Å²) >= 11 is 0. The van der Waals surface area contributed by atoms with E-state index >= 15 is 0 Å². The van der Waals surface area contributed by atoms with Crippen LogP contribution in [0.1, 0.15) is 16.1 Å². The number of nitrogens with two attached hydrogens (primary N) is 2. The SMILES string of the molecule is N#Cc1cc(Oc2ccc(N)c(C(N)=O)c2)ccn1. The minimum atomic E-state index is -0.629. The number of nitriles is 1. The molecule has 19 heavy (non-hydrogen) atoms. The number of pyridine rings is 1. The van der Waals surface area contributed by atoms with E-state index in [4.69, 9.17) is 21.5 Å². The molecule has 0 saturated carbocycles. The van der Waals surface area contributed by atoms with Gasteiger partial charge in [-0.3, -0.25) is 4.79 Å². The Morgan fingerprint density at radius 3 is 2.68 bits per heavy atom. The van der Waals surface area contributed by atoms with Crippen LogP contribution in [-0.2, 0) is 0 Å². The maximum Gasteiger partial charge on any atom is 0.250 e. The molecule has 0 unspecified atom stereocenters. The number of amides is 1. The van der Waals surface area contributed by atoms with Gasteiger partial charge in [0.1, 0.15) is 23.3 Å². The van der Waals surface area contributed by atoms with Crippen LogP contribution in [-0.4, -0.2) is 10.9 Å². The number of aromatic nitrogens is 1. The van der Waals surface area contributed by atoms with E-state index in [9.17, 15) is 4.79 Å². The van der Waals surface area contributed by atoms with Gasteiger partial charge in [-0.05, 0) is 24.3 Å². The summed E-state index contributed by atoms with van der Waals surface area (Å²) in [5.41, 5.74) is 11.5. The summed E-state index contributed by atoms with van der Waals surface area (Å²) in [6.45, 7) is 0. The highest BCUT2D eigenvalue weighted by Crippen LogP contribution is 2.25. The minimum absolute atomic E-state index is 0.187. The molecule has 0 aliphatic heterocycles. The fraction of sp³-hybridized carbons (Fsp3) is 0. The molecule has 0 atom stereocenters. The molecule has 0 aliphatic rings. The van der Waals surface area contributed by atoms with Crippen molar-refractivity contribution in [3.8, 4) is 17.6 Å². The third kappa shape index (κ3) is 2.79. The molecule has 0 aliphatic carbocycles. The van der Waals surface area contributed by atoms with E-state index < -0.39 is 5.91 Å². The van der Waals surface area contributed by atoms with Crippen LogP contribution in [0, 0.1) is 11.3 Å². The van der Waals surface area contributed by atoms with Crippen molar-refractivity contribution < 1.29 is 9.53 Å². The van der Waals surface area contributed by atoms with Crippen LogP contribution in [0.5, 0.6) is 11.5 Å². The maximum atomic E-state index is 11.2. The van der Waals surface area contributed by atoms with E-state index in [1.165, 1.54) is 24.4 Å². The third-order valence-electron chi connectivity index (χ3n) is 2.37. The van der Waals surface area contributed by atoms with Crippen LogP contribution >= 0.6 is 0 Å². The van der Waals surface area contributed by atoms with Crippen molar-refractivity contribution in [2.24, 2.45) is 5.73 Å². The van der Waals surface area contributed by atoms with Gasteiger partial charge in [0.15, 0.2) is 0 Å². The quantitative estimate of drug-likeness (QED) is 0.804. The predicted octanol–water partition coefficient (Wildman–Crippen LogP) is 1.43. The van der Waals surface area contributed by atoms with Gasteiger partial charge in [-0.2, -0.15) is 5.26 Å². The number of ether oxygens (including phenoxy) is 1. The Bertz CT molecular complexity index is 677. The van der Waals surface area contributed by atoms with Crippen LogP contribution in [0.4, 0.5) is 5.69 Å². The first kappa shape index (κ1) is 12.4. The lowest BCUT2D eigenvalue weighted by atomic mass is 10.1. The first-order chi connectivity index (χ1) is 9.10. The van der Waals surface area contributed by atoms with Crippen molar-refractivity contribution in [3.63, 3.8) is 0 Å². The number of carbonyl (C=O) groups excluding carboxylic acids is 1. The van der Waals surface area contributed by atoms with E-state index in [-0.39, 0.29) is 16.9 Å². The molecule has 1 aromatic heterocycles. The molecule has 6 nitrogen and oxygen atoms in total. The second kappa shape index (κ2) is 5.06. The summed E-state index contributed by atoms with van der Waals surface area (Å²) in [4.78, 5) is 15.0. The summed E-state index contributed by atoms with van der Waals surface area (Å²) in [5, 5.41) is 8.74. The molecule has 0 radical (unpaired) electrons. The number of nitrogen functional groups attached to an aromatic ring is 1. The lowest BCUT2D eigenvalue weighted by Crippen LogP contribution is -2.13. The average molecular weight is 254 g/mol. The van der Waals surface area contributed by atoms with E-state index in [1.54, 1.807) is 12.1 Å². The molecule has 1 aromatic carbocycles. The van der Waals surface area contributed by atoms with Gasteiger partial charge in [0, 0.05) is 18.0 Å². The van der Waals surface area contributed by atoms with Crippen molar-refractivity contribution >= 4 is 11.6 Å². The molecule has 1 amide bonds. The van der Waals surface area contributed by atoms with Crippen LogP contribution in [0.15, 0.2) is 36.5 Å². The maximum absolute atomic E-state index is 11.2. The van der Waals surface area contributed by atoms with Gasteiger partial charge >= 0.3 is 0 Å². The van der Waals surface area contributed by atoms with Crippen LogP contribution in [0.2, 0.25) is 0 Å². The van der Waals surface area contributed by atoms with E-state index in [1.807, 2.05) is 6.07 Å². The van der Waals surface area contributed by atoms with Gasteiger partial charge in [-0.25, -0.2) is 4.98 Å². The summed E-state index contributed by atoms with van der Waals surface area (Å²) in [7, 11) is 0. The molecule has 0 bridgehead atoms. The lowest BCUT2D eigenvalue weighted by Gasteiger charge is -2.08. The van der Waals surface area contributed by atoms with E-state index in [0.717, 1.165) is 0 Å². The number of carbonyl (C=O) groups is 1. The topological polar surface area (TPSA) is 115 Å². The van der Waals surface area contributed by atoms with Crippen molar-refractivity contribution in [2.45, 2.75) is 0 Å². The highest BCUT2D eigenvalue weighted by Gasteiger charge is 2.08. The van der Waals surface area contributed by atoms with Crippen molar-refractivity contribution in [1.29, 1.82) is 5.26 Å². The Hall–Kier alpha value is -3.07. The molecule has 1 heterocycles. The second-order valence-electron chi connectivity index (χ2n) is 3.70. The normalized spacial score (nSPS) is 9.63. The third-order valence-corrected chi connectivity index (χ3v) is 2.37. The molecule has 0 spiro atoms. The van der Waals surface area contributed by atoms with Crippen molar-refractivity contribution in [3.05, 3.63) is 47.8 Å². The number of anilines is 1. The van der Waals surface area contributed by atoms with E-state index in [0.29, 0.717) is 11.5 Å². The molecule has 4 N–H and O–H groups in total. The second-order valence-corrected chi connectivity index (χ2v) is 3.70. The largest absolute Gasteiger partial charge is 0.457 e. The smallest absolute Gasteiger partial charge is 0.250 e. The zero-order valence-corrected chi connectivity index (χ0v) is 9.83. The monoisotopic (exact) mass is 254 g/mol. The Morgan fingerprint density at radius 1 is 1.26 bits per heavy atom. The minimum Gasteiger partial charge on any atom is -0.457 e. The van der Waals surface area contributed by atoms with Crippen molar-refractivity contribution in [1.82, 2.24) is 4.98 Å². The van der Waals surface area contributed by atoms with Crippen molar-refractivity contribution in [2.75, 3.05) is 5.73 Å². The fourth-order valence-electron chi connectivity index (χ4n) is 1.48. The first-order valence-corrected chi connectivity index (χ1v) is 5.33. The standard InChI is InChI=1S/C13H10N4O2/c14-7-8-5-10(3-4-17-8)19-9-1-2-12(15)11(6-9)13(16)18/h1-6H,15H2,(H2,16,18). The summed E-state index contributed by atoms with van der Waals surface area (Å²) in [6.07, 6.45) is 1.46. The number of hydrogen-bond donors (Lipinski definition) is 2. The average Bonchev–Trinajstić information content (AvgIpc) is 2.41. The van der Waals surface area contributed by atoms with E-state index in [2.05, 4.69) is 4.98 Å². The Labute approximate surface area is 109 Å². The molecule has 2 aromatic rings. The number of nitrogens with zero attached hydrogens (tertiary/aromatic N) is 2. The molecule has 0 saturated heterocycles. The highest BCUT2D eigenvalue weighted by molar-refractivity contribution is 5.98. The number of benzene rings is 1. The zero-order chi connectivity index (χ0) is 13.8. The molecule has 2 rings (SSSR count). The van der Waals surface area contributed by atoms with Gasteiger partial charge < -0.3 is 16.2 Å².